The summed E-state index contributed by atoms with van der Waals surface area (Å²) in [6.07, 6.45) is 3.43. The van der Waals surface area contributed by atoms with E-state index in [0.717, 1.165) is 12.8 Å². The Morgan fingerprint density at radius 2 is 1.84 bits per heavy atom. The highest BCUT2D eigenvalue weighted by Crippen LogP contribution is 2.18. The molecule has 0 unspecified atom stereocenters. The maximum atomic E-state index is 11.4. The van der Waals surface area contributed by atoms with Gasteiger partial charge in [-0.1, -0.05) is 0 Å². The molecular weight excluding hydrogens is 248 g/mol. The summed E-state index contributed by atoms with van der Waals surface area (Å²) in [7, 11) is 0. The quantitative estimate of drug-likeness (QED) is 0.472. The van der Waals surface area contributed by atoms with E-state index in [0.29, 0.717) is 32.0 Å². The molecule has 1 saturated carbocycles. The predicted octanol–water partition coefficient (Wildman–Crippen LogP) is 0.505. The van der Waals surface area contributed by atoms with Crippen molar-refractivity contribution in [2.45, 2.75) is 51.5 Å². The van der Waals surface area contributed by atoms with Gasteiger partial charge in [0.15, 0.2) is 0 Å². The summed E-state index contributed by atoms with van der Waals surface area (Å²) in [6, 6.07) is 0.381. The summed E-state index contributed by atoms with van der Waals surface area (Å²) in [5.74, 6) is -0.500. The zero-order chi connectivity index (χ0) is 14.1. The van der Waals surface area contributed by atoms with Gasteiger partial charge in [-0.25, -0.2) is 0 Å². The molecule has 0 aromatic rings. The largest absolute Gasteiger partial charge is 0.466 e. The fourth-order valence-corrected chi connectivity index (χ4v) is 1.54. The molecule has 19 heavy (non-hydrogen) atoms. The Kier molecular flexibility index (Phi) is 6.92. The number of esters is 1. The summed E-state index contributed by atoms with van der Waals surface area (Å²) in [4.78, 5) is 33.7. The van der Waals surface area contributed by atoms with Gasteiger partial charge in [0.05, 0.1) is 13.0 Å². The second-order valence-electron chi connectivity index (χ2n) is 4.60. The summed E-state index contributed by atoms with van der Waals surface area (Å²) in [5.41, 5.74) is 0. The Labute approximate surface area is 113 Å². The summed E-state index contributed by atoms with van der Waals surface area (Å²) < 4.78 is 4.72. The van der Waals surface area contributed by atoms with Crippen LogP contribution in [0.3, 0.4) is 0 Å². The van der Waals surface area contributed by atoms with Crippen LogP contribution in [0.1, 0.15) is 45.4 Å². The van der Waals surface area contributed by atoms with Crippen LogP contribution in [-0.4, -0.2) is 37.0 Å². The lowest BCUT2D eigenvalue weighted by Gasteiger charge is -2.05. The average molecular weight is 270 g/mol. The van der Waals surface area contributed by atoms with Gasteiger partial charge < -0.3 is 15.4 Å². The van der Waals surface area contributed by atoms with E-state index in [-0.39, 0.29) is 30.6 Å². The lowest BCUT2D eigenvalue weighted by Crippen LogP contribution is -2.28. The predicted molar refractivity (Wildman–Crippen MR) is 69.3 cm³/mol. The molecule has 0 aliphatic heterocycles. The third kappa shape index (κ3) is 8.18. The van der Waals surface area contributed by atoms with Gasteiger partial charge in [-0.05, 0) is 26.2 Å². The molecule has 0 spiro atoms. The van der Waals surface area contributed by atoms with Crippen LogP contribution in [0.5, 0.6) is 0 Å². The van der Waals surface area contributed by atoms with Crippen molar-refractivity contribution in [1.29, 1.82) is 0 Å². The number of nitrogens with one attached hydrogen (secondary N) is 2. The number of carbonyl (C=O) groups excluding carboxylic acids is 3. The monoisotopic (exact) mass is 270 g/mol. The van der Waals surface area contributed by atoms with Crippen molar-refractivity contribution < 1.29 is 19.1 Å². The van der Waals surface area contributed by atoms with Crippen LogP contribution in [0.4, 0.5) is 0 Å². The van der Waals surface area contributed by atoms with E-state index in [1.807, 2.05) is 0 Å². The molecule has 1 fully saturated rings. The van der Waals surface area contributed by atoms with Crippen molar-refractivity contribution in [1.82, 2.24) is 10.6 Å². The standard InChI is InChI=1S/C13H22N2O4/c1-2-19-13(18)8-7-11(16)14-9-3-4-12(17)15-10-5-6-10/h10H,2-9H2,1H3,(H,14,16)(H,15,17). The van der Waals surface area contributed by atoms with Gasteiger partial charge >= 0.3 is 5.97 Å². The topological polar surface area (TPSA) is 84.5 Å². The first-order valence-electron chi connectivity index (χ1n) is 6.83. The SMILES string of the molecule is CCOC(=O)CCC(=O)NCCCC(=O)NC1CC1. The second-order valence-corrected chi connectivity index (χ2v) is 4.60. The Bertz CT molecular complexity index is 327. The first-order chi connectivity index (χ1) is 9.11. The van der Waals surface area contributed by atoms with Crippen LogP contribution in [0, 0.1) is 0 Å². The average Bonchev–Trinajstić information content (AvgIpc) is 3.16. The van der Waals surface area contributed by atoms with Gasteiger partial charge in [-0.2, -0.15) is 0 Å². The molecular formula is C13H22N2O4. The van der Waals surface area contributed by atoms with Gasteiger partial charge in [0.1, 0.15) is 0 Å². The molecule has 1 aliphatic rings. The van der Waals surface area contributed by atoms with E-state index in [2.05, 4.69) is 10.6 Å². The minimum atomic E-state index is -0.360. The van der Waals surface area contributed by atoms with E-state index in [1.54, 1.807) is 6.92 Å². The number of hydrogen-bond donors (Lipinski definition) is 2. The van der Waals surface area contributed by atoms with Crippen molar-refractivity contribution in [3.8, 4) is 0 Å². The third-order valence-corrected chi connectivity index (χ3v) is 2.71. The molecule has 6 heteroatoms. The summed E-state index contributed by atoms with van der Waals surface area (Å²) in [6.45, 7) is 2.51. The zero-order valence-electron chi connectivity index (χ0n) is 11.4. The van der Waals surface area contributed by atoms with E-state index in [9.17, 15) is 14.4 Å². The zero-order valence-corrected chi connectivity index (χ0v) is 11.4. The minimum Gasteiger partial charge on any atom is -0.466 e. The summed E-state index contributed by atoms with van der Waals surface area (Å²) >= 11 is 0. The minimum absolute atomic E-state index is 0.0447. The Balaban J connectivity index is 1.94. The lowest BCUT2D eigenvalue weighted by atomic mass is 10.2. The van der Waals surface area contributed by atoms with Crippen LogP contribution in [0.15, 0.2) is 0 Å². The molecule has 2 N–H and O–H groups in total. The molecule has 0 saturated heterocycles. The maximum Gasteiger partial charge on any atom is 0.306 e. The molecule has 0 aromatic carbocycles. The number of hydrogen-bond acceptors (Lipinski definition) is 4. The fraction of sp³-hybridized carbons (Fsp3) is 0.769. The van der Waals surface area contributed by atoms with Crippen LogP contribution in [0.2, 0.25) is 0 Å². The highest BCUT2D eigenvalue weighted by Gasteiger charge is 2.22. The van der Waals surface area contributed by atoms with Gasteiger partial charge in [0, 0.05) is 25.4 Å². The van der Waals surface area contributed by atoms with Gasteiger partial charge in [-0.3, -0.25) is 14.4 Å². The van der Waals surface area contributed by atoms with Crippen molar-refractivity contribution in [2.75, 3.05) is 13.2 Å². The van der Waals surface area contributed by atoms with E-state index in [4.69, 9.17) is 4.74 Å². The van der Waals surface area contributed by atoms with Crippen LogP contribution < -0.4 is 10.6 Å². The molecule has 1 rings (SSSR count). The molecule has 0 radical (unpaired) electrons. The van der Waals surface area contributed by atoms with Crippen LogP contribution >= 0.6 is 0 Å². The molecule has 6 nitrogen and oxygen atoms in total. The van der Waals surface area contributed by atoms with Gasteiger partial charge in [0.25, 0.3) is 0 Å². The molecule has 0 bridgehead atoms. The molecule has 0 aromatic heterocycles. The van der Waals surface area contributed by atoms with E-state index < -0.39 is 0 Å². The van der Waals surface area contributed by atoms with Crippen molar-refractivity contribution in [2.24, 2.45) is 0 Å². The highest BCUT2D eigenvalue weighted by molar-refractivity contribution is 5.81. The number of ether oxygens (including phenoxy) is 1. The highest BCUT2D eigenvalue weighted by atomic mass is 16.5. The second kappa shape index (κ2) is 8.50. The molecule has 108 valence electrons. The van der Waals surface area contributed by atoms with Crippen LogP contribution in [0.25, 0.3) is 0 Å². The smallest absolute Gasteiger partial charge is 0.306 e. The maximum absolute atomic E-state index is 11.4. The Morgan fingerprint density at radius 1 is 1.11 bits per heavy atom. The first kappa shape index (κ1) is 15.5. The van der Waals surface area contributed by atoms with Gasteiger partial charge in [-0.15, -0.1) is 0 Å². The molecule has 0 atom stereocenters. The van der Waals surface area contributed by atoms with E-state index >= 15 is 0 Å². The molecule has 0 heterocycles. The van der Waals surface area contributed by atoms with Crippen molar-refractivity contribution in [3.63, 3.8) is 0 Å². The van der Waals surface area contributed by atoms with Crippen LogP contribution in [-0.2, 0) is 19.1 Å². The van der Waals surface area contributed by atoms with Crippen molar-refractivity contribution >= 4 is 17.8 Å². The van der Waals surface area contributed by atoms with E-state index in [1.165, 1.54) is 0 Å². The van der Waals surface area contributed by atoms with Gasteiger partial charge in [0.2, 0.25) is 11.8 Å². The normalized spacial score (nSPS) is 13.7. The van der Waals surface area contributed by atoms with Crippen molar-refractivity contribution in [3.05, 3.63) is 0 Å². The summed E-state index contributed by atoms with van der Waals surface area (Å²) in [5, 5.41) is 5.56. The Morgan fingerprint density at radius 3 is 2.47 bits per heavy atom. The molecule has 2 amide bonds. The third-order valence-electron chi connectivity index (χ3n) is 2.71. The number of rotatable bonds is 9. The molecule has 1 aliphatic carbocycles. The fourth-order valence-electron chi connectivity index (χ4n) is 1.54. The first-order valence-corrected chi connectivity index (χ1v) is 6.83. The number of carbonyl (C=O) groups is 3. The lowest BCUT2D eigenvalue weighted by molar-refractivity contribution is -0.144. The number of amides is 2. The Hall–Kier alpha value is -1.59.